The minimum absolute atomic E-state index is 0.103. The number of carbonyl (C=O) groups excluding carboxylic acids is 1. The Balaban J connectivity index is 2.16. The summed E-state index contributed by atoms with van der Waals surface area (Å²) < 4.78 is 7.25. The fraction of sp³-hybridized carbons (Fsp3) is 0.111. The van der Waals surface area contributed by atoms with Crippen LogP contribution in [0.4, 0.5) is 5.82 Å². The molecule has 2 heterocycles. The predicted octanol–water partition coefficient (Wildman–Crippen LogP) is 1.47. The highest BCUT2D eigenvalue weighted by Gasteiger charge is 2.17. The Labute approximate surface area is 149 Å². The molecule has 3 aromatic rings. The molecule has 8 nitrogen and oxygen atoms in total. The molecule has 1 amide bonds. The van der Waals surface area contributed by atoms with Crippen molar-refractivity contribution in [2.24, 2.45) is 12.8 Å². The van der Waals surface area contributed by atoms with Crippen LogP contribution in [-0.4, -0.2) is 27.0 Å². The van der Waals surface area contributed by atoms with Gasteiger partial charge in [0.05, 0.1) is 23.9 Å². The van der Waals surface area contributed by atoms with Crippen LogP contribution in [0.1, 0.15) is 5.56 Å². The summed E-state index contributed by atoms with van der Waals surface area (Å²) in [6, 6.07) is 10.9. The number of imidazole rings is 1. The summed E-state index contributed by atoms with van der Waals surface area (Å²) in [5, 5.41) is 9.47. The third-order valence-corrected chi connectivity index (χ3v) is 3.78. The number of nitrogens with zero attached hydrogens (tertiary/aromatic N) is 4. The highest BCUT2D eigenvalue weighted by Crippen LogP contribution is 2.34. The second-order valence-electron chi connectivity index (χ2n) is 5.57. The zero-order valence-electron chi connectivity index (χ0n) is 14.0. The minimum Gasteiger partial charge on any atom is -0.483 e. The van der Waals surface area contributed by atoms with Gasteiger partial charge >= 0.3 is 0 Å². The quantitative estimate of drug-likeness (QED) is 0.717. The summed E-state index contributed by atoms with van der Waals surface area (Å²) in [6.45, 7) is -0.253. The Morgan fingerprint density at radius 1 is 1.35 bits per heavy atom. The van der Waals surface area contributed by atoms with Gasteiger partial charge in [0.1, 0.15) is 23.2 Å². The van der Waals surface area contributed by atoms with Gasteiger partial charge < -0.3 is 20.8 Å². The van der Waals surface area contributed by atoms with Crippen LogP contribution < -0.4 is 16.2 Å². The number of carbonyl (C=O) groups is 1. The lowest BCUT2D eigenvalue weighted by Crippen LogP contribution is -2.20. The molecule has 0 aliphatic rings. The van der Waals surface area contributed by atoms with Crippen molar-refractivity contribution in [1.82, 2.24) is 14.5 Å². The molecule has 4 N–H and O–H groups in total. The van der Waals surface area contributed by atoms with Crippen molar-refractivity contribution in [2.45, 2.75) is 0 Å². The fourth-order valence-electron chi connectivity index (χ4n) is 2.59. The molecular formula is C18H16N6O2. The number of rotatable bonds is 5. The van der Waals surface area contributed by atoms with Crippen molar-refractivity contribution in [2.75, 3.05) is 12.3 Å². The topological polar surface area (TPSA) is 133 Å². The van der Waals surface area contributed by atoms with Crippen molar-refractivity contribution >= 4 is 11.7 Å². The van der Waals surface area contributed by atoms with Crippen molar-refractivity contribution in [3.8, 4) is 34.3 Å². The van der Waals surface area contributed by atoms with Crippen molar-refractivity contribution in [3.63, 3.8) is 0 Å². The number of ether oxygens (including phenoxy) is 1. The maximum absolute atomic E-state index is 11.0. The molecule has 0 saturated carbocycles. The van der Waals surface area contributed by atoms with Gasteiger partial charge in [0.2, 0.25) is 0 Å². The van der Waals surface area contributed by atoms with Gasteiger partial charge in [0, 0.05) is 18.2 Å². The molecule has 0 atom stereocenters. The second kappa shape index (κ2) is 6.94. The van der Waals surface area contributed by atoms with E-state index in [0.29, 0.717) is 22.6 Å². The van der Waals surface area contributed by atoms with E-state index >= 15 is 0 Å². The lowest BCUT2D eigenvalue weighted by molar-refractivity contribution is -0.119. The predicted molar refractivity (Wildman–Crippen MR) is 95.7 cm³/mol. The molecule has 0 spiro atoms. The smallest absolute Gasteiger partial charge is 0.255 e. The number of hydrogen-bond donors (Lipinski definition) is 2. The van der Waals surface area contributed by atoms with E-state index in [1.165, 1.54) is 0 Å². The molecule has 130 valence electrons. The molecule has 0 bridgehead atoms. The molecule has 0 aliphatic heterocycles. The van der Waals surface area contributed by atoms with Gasteiger partial charge in [-0.2, -0.15) is 5.26 Å². The summed E-state index contributed by atoms with van der Waals surface area (Å²) in [6.07, 6.45) is 3.28. The maximum Gasteiger partial charge on any atom is 0.255 e. The highest BCUT2D eigenvalue weighted by molar-refractivity contribution is 5.80. The summed E-state index contributed by atoms with van der Waals surface area (Å²) in [5.41, 5.74) is 13.9. The lowest BCUT2D eigenvalue weighted by Gasteiger charge is -2.13. The number of primary amides is 1. The molecule has 26 heavy (non-hydrogen) atoms. The number of benzene rings is 1. The van der Waals surface area contributed by atoms with Crippen LogP contribution in [-0.2, 0) is 11.8 Å². The van der Waals surface area contributed by atoms with E-state index in [2.05, 4.69) is 16.0 Å². The Kier molecular flexibility index (Phi) is 4.53. The third-order valence-electron chi connectivity index (χ3n) is 3.78. The monoisotopic (exact) mass is 348 g/mol. The number of aryl methyl sites for hydroxylation is 1. The second-order valence-corrected chi connectivity index (χ2v) is 5.57. The van der Waals surface area contributed by atoms with E-state index in [1.54, 1.807) is 41.4 Å². The molecule has 2 aromatic heterocycles. The van der Waals surface area contributed by atoms with Crippen LogP contribution in [0.25, 0.3) is 22.5 Å². The largest absolute Gasteiger partial charge is 0.483 e. The minimum atomic E-state index is -0.581. The van der Waals surface area contributed by atoms with E-state index in [9.17, 15) is 10.1 Å². The number of nitrogen functional groups attached to an aromatic ring is 1. The third kappa shape index (κ3) is 3.18. The zero-order chi connectivity index (χ0) is 18.7. The normalized spacial score (nSPS) is 10.3. The summed E-state index contributed by atoms with van der Waals surface area (Å²) in [7, 11) is 1.82. The number of amides is 1. The molecule has 0 radical (unpaired) electrons. The Morgan fingerprint density at radius 2 is 2.12 bits per heavy atom. The number of nitriles is 1. The number of nitrogens with two attached hydrogens (primary N) is 2. The standard InChI is InChI=1S/C18H16N6O2/c1-24-10-22-8-15(24)12-6-14(23-18(21)13(12)7-19)11-4-2-3-5-16(11)26-9-17(20)25/h2-6,8,10H,9H2,1H3,(H2,20,25)(H2,21,23). The molecule has 8 heteroatoms. The highest BCUT2D eigenvalue weighted by atomic mass is 16.5. The van der Waals surface area contributed by atoms with Crippen LogP contribution in [0.3, 0.4) is 0 Å². The number of pyridine rings is 1. The lowest BCUT2D eigenvalue weighted by atomic mass is 10.0. The van der Waals surface area contributed by atoms with Crippen LogP contribution >= 0.6 is 0 Å². The Morgan fingerprint density at radius 3 is 2.77 bits per heavy atom. The van der Waals surface area contributed by atoms with Crippen LogP contribution in [0.2, 0.25) is 0 Å². The van der Waals surface area contributed by atoms with E-state index in [-0.39, 0.29) is 18.0 Å². The average Bonchev–Trinajstić information content (AvgIpc) is 3.05. The summed E-state index contributed by atoms with van der Waals surface area (Å²) >= 11 is 0. The first-order chi connectivity index (χ1) is 12.5. The first kappa shape index (κ1) is 17.0. The van der Waals surface area contributed by atoms with E-state index in [0.717, 1.165) is 5.69 Å². The molecule has 1 aromatic carbocycles. The van der Waals surface area contributed by atoms with Crippen LogP contribution in [0, 0.1) is 11.3 Å². The van der Waals surface area contributed by atoms with Gasteiger partial charge in [0.15, 0.2) is 6.61 Å². The number of anilines is 1. The van der Waals surface area contributed by atoms with Gasteiger partial charge in [-0.15, -0.1) is 0 Å². The zero-order valence-corrected chi connectivity index (χ0v) is 14.0. The molecule has 0 fully saturated rings. The maximum atomic E-state index is 11.0. The Hall–Kier alpha value is -3.86. The van der Waals surface area contributed by atoms with Crippen molar-refractivity contribution < 1.29 is 9.53 Å². The number of para-hydroxylation sites is 1. The molecule has 0 unspecified atom stereocenters. The van der Waals surface area contributed by atoms with E-state index in [4.69, 9.17) is 16.2 Å². The van der Waals surface area contributed by atoms with Crippen molar-refractivity contribution in [1.29, 1.82) is 5.26 Å². The average molecular weight is 348 g/mol. The van der Waals surface area contributed by atoms with Gasteiger partial charge in [0.25, 0.3) is 5.91 Å². The Bertz CT molecular complexity index is 1020. The number of aromatic nitrogens is 3. The van der Waals surface area contributed by atoms with E-state index < -0.39 is 5.91 Å². The first-order valence-corrected chi connectivity index (χ1v) is 7.69. The molecule has 3 rings (SSSR count). The van der Waals surface area contributed by atoms with Gasteiger partial charge in [-0.3, -0.25) is 4.79 Å². The first-order valence-electron chi connectivity index (χ1n) is 7.69. The van der Waals surface area contributed by atoms with Crippen LogP contribution in [0.5, 0.6) is 5.75 Å². The summed E-state index contributed by atoms with van der Waals surface area (Å²) in [5.74, 6) is -0.0348. The molecule has 0 aliphatic carbocycles. The molecular weight excluding hydrogens is 332 g/mol. The fourth-order valence-corrected chi connectivity index (χ4v) is 2.59. The van der Waals surface area contributed by atoms with E-state index in [1.807, 2.05) is 13.1 Å². The summed E-state index contributed by atoms with van der Waals surface area (Å²) in [4.78, 5) is 19.4. The van der Waals surface area contributed by atoms with Gasteiger partial charge in [-0.1, -0.05) is 12.1 Å². The number of hydrogen-bond acceptors (Lipinski definition) is 6. The van der Waals surface area contributed by atoms with Crippen molar-refractivity contribution in [3.05, 3.63) is 48.4 Å². The molecule has 0 saturated heterocycles. The SMILES string of the molecule is Cn1cncc1-c1cc(-c2ccccc2OCC(N)=O)nc(N)c1C#N. The van der Waals surface area contributed by atoms with Gasteiger partial charge in [-0.05, 0) is 18.2 Å². The van der Waals surface area contributed by atoms with Gasteiger partial charge in [-0.25, -0.2) is 9.97 Å². The van der Waals surface area contributed by atoms with Crippen LogP contribution in [0.15, 0.2) is 42.9 Å².